The molecule has 2 aromatic heterocycles. The summed E-state index contributed by atoms with van der Waals surface area (Å²) >= 11 is 1.35. The fourth-order valence-corrected chi connectivity index (χ4v) is 1.52. The summed E-state index contributed by atoms with van der Waals surface area (Å²) in [5, 5.41) is 4.94. The number of amides is 1. The van der Waals surface area contributed by atoms with Gasteiger partial charge in [-0.15, -0.1) is 11.3 Å². The first kappa shape index (κ1) is 9.72. The van der Waals surface area contributed by atoms with Crippen LogP contribution in [0.5, 0.6) is 0 Å². The zero-order valence-corrected chi connectivity index (χ0v) is 8.78. The number of aryl methyl sites for hydroxylation is 1. The van der Waals surface area contributed by atoms with Crippen molar-refractivity contribution in [3.8, 4) is 0 Å². The summed E-state index contributed by atoms with van der Waals surface area (Å²) < 4.78 is 0. The van der Waals surface area contributed by atoms with E-state index < -0.39 is 0 Å². The molecule has 6 heteroatoms. The maximum Gasteiger partial charge on any atom is 0.295 e. The normalized spacial score (nSPS) is 9.93. The van der Waals surface area contributed by atoms with Gasteiger partial charge in [0.2, 0.25) is 5.82 Å². The molecule has 0 aliphatic heterocycles. The molecule has 0 aliphatic rings. The third-order valence-corrected chi connectivity index (χ3v) is 2.34. The molecule has 5 nitrogen and oxygen atoms in total. The fraction of sp³-hybridized carbons (Fsp3) is 0.111. The molecule has 2 rings (SSSR count). The number of rotatable bonds is 2. The largest absolute Gasteiger partial charge is 0.295 e. The first-order chi connectivity index (χ1) is 7.25. The van der Waals surface area contributed by atoms with Crippen LogP contribution in [0, 0.1) is 6.92 Å². The lowest BCUT2D eigenvalue weighted by atomic mass is 10.4. The topological polar surface area (TPSA) is 67.8 Å². The molecule has 0 unspecified atom stereocenters. The molecule has 0 saturated carbocycles. The van der Waals surface area contributed by atoms with E-state index in [0.29, 0.717) is 5.13 Å². The summed E-state index contributed by atoms with van der Waals surface area (Å²) in [5.41, 5.74) is 0.759. The number of hydrogen-bond donors (Lipinski definition) is 1. The van der Waals surface area contributed by atoms with Gasteiger partial charge in [0, 0.05) is 23.5 Å². The lowest BCUT2D eigenvalue weighted by Gasteiger charge is -2.00. The maximum atomic E-state index is 11.6. The SMILES string of the molecule is Cc1ccnc(C(=O)Nc2nccs2)n1. The van der Waals surface area contributed by atoms with Crippen molar-refractivity contribution in [2.24, 2.45) is 0 Å². The highest BCUT2D eigenvalue weighted by Crippen LogP contribution is 2.10. The Kier molecular flexibility index (Phi) is 2.68. The Labute approximate surface area is 90.2 Å². The van der Waals surface area contributed by atoms with Gasteiger partial charge >= 0.3 is 0 Å². The van der Waals surface area contributed by atoms with E-state index in [1.807, 2.05) is 6.92 Å². The molecule has 0 spiro atoms. The number of carbonyl (C=O) groups is 1. The molecule has 0 atom stereocenters. The van der Waals surface area contributed by atoms with Crippen LogP contribution in [0.1, 0.15) is 16.3 Å². The smallest absolute Gasteiger partial charge is 0.295 e. The van der Waals surface area contributed by atoms with Crippen molar-refractivity contribution in [2.75, 3.05) is 5.32 Å². The van der Waals surface area contributed by atoms with Crippen molar-refractivity contribution >= 4 is 22.4 Å². The van der Waals surface area contributed by atoms with Crippen LogP contribution in [0.3, 0.4) is 0 Å². The molecule has 1 N–H and O–H groups in total. The molecule has 1 amide bonds. The van der Waals surface area contributed by atoms with Crippen LogP contribution >= 0.6 is 11.3 Å². The van der Waals surface area contributed by atoms with Crippen LogP contribution in [-0.2, 0) is 0 Å². The third-order valence-electron chi connectivity index (χ3n) is 1.65. The quantitative estimate of drug-likeness (QED) is 0.832. The molecule has 0 aliphatic carbocycles. The van der Waals surface area contributed by atoms with Gasteiger partial charge in [-0.2, -0.15) is 0 Å². The van der Waals surface area contributed by atoms with Crippen molar-refractivity contribution in [3.63, 3.8) is 0 Å². The van der Waals surface area contributed by atoms with Crippen LogP contribution in [0.15, 0.2) is 23.8 Å². The summed E-state index contributed by atoms with van der Waals surface area (Å²) in [7, 11) is 0. The van der Waals surface area contributed by atoms with Gasteiger partial charge in [-0.05, 0) is 13.0 Å². The second kappa shape index (κ2) is 4.14. The van der Waals surface area contributed by atoms with Gasteiger partial charge in [-0.3, -0.25) is 10.1 Å². The average Bonchev–Trinajstić information content (AvgIpc) is 2.70. The first-order valence-corrected chi connectivity index (χ1v) is 5.14. The molecule has 2 aromatic rings. The number of aromatic nitrogens is 3. The minimum Gasteiger partial charge on any atom is -0.295 e. The summed E-state index contributed by atoms with van der Waals surface area (Å²) in [6, 6.07) is 1.74. The molecular weight excluding hydrogens is 212 g/mol. The van der Waals surface area contributed by atoms with E-state index in [9.17, 15) is 4.79 Å². The number of nitrogens with one attached hydrogen (secondary N) is 1. The van der Waals surface area contributed by atoms with E-state index in [4.69, 9.17) is 0 Å². The molecule has 15 heavy (non-hydrogen) atoms. The van der Waals surface area contributed by atoms with Gasteiger partial charge in [0.1, 0.15) is 0 Å². The number of thiazole rings is 1. The van der Waals surface area contributed by atoms with Crippen LogP contribution in [0.2, 0.25) is 0 Å². The summed E-state index contributed by atoms with van der Waals surface area (Å²) in [4.78, 5) is 23.4. The maximum absolute atomic E-state index is 11.6. The number of anilines is 1. The predicted molar refractivity (Wildman–Crippen MR) is 56.8 cm³/mol. The second-order valence-corrected chi connectivity index (χ2v) is 3.71. The summed E-state index contributed by atoms with van der Waals surface area (Å²) in [6.45, 7) is 1.81. The minimum atomic E-state index is -0.339. The Hall–Kier alpha value is -1.82. The van der Waals surface area contributed by atoms with Gasteiger partial charge in [0.25, 0.3) is 5.91 Å². The van der Waals surface area contributed by atoms with Crippen molar-refractivity contribution in [1.29, 1.82) is 0 Å². The Morgan fingerprint density at radius 2 is 2.27 bits per heavy atom. The Bertz CT molecular complexity index is 469. The molecule has 76 valence electrons. The van der Waals surface area contributed by atoms with Crippen molar-refractivity contribution in [2.45, 2.75) is 6.92 Å². The third kappa shape index (κ3) is 2.35. The van der Waals surface area contributed by atoms with E-state index in [-0.39, 0.29) is 11.7 Å². The average molecular weight is 220 g/mol. The molecule has 0 radical (unpaired) electrons. The lowest BCUT2D eigenvalue weighted by molar-refractivity contribution is 0.101. The lowest BCUT2D eigenvalue weighted by Crippen LogP contribution is -2.15. The summed E-state index contributed by atoms with van der Waals surface area (Å²) in [6.07, 6.45) is 3.18. The molecule has 0 bridgehead atoms. The number of carbonyl (C=O) groups excluding carboxylic acids is 1. The molecule has 0 aromatic carbocycles. The molecular formula is C9H8N4OS. The van der Waals surface area contributed by atoms with E-state index >= 15 is 0 Å². The van der Waals surface area contributed by atoms with E-state index in [0.717, 1.165) is 5.69 Å². The Balaban J connectivity index is 2.15. The first-order valence-electron chi connectivity index (χ1n) is 4.26. The molecule has 0 saturated heterocycles. The molecule has 0 fully saturated rings. The highest BCUT2D eigenvalue weighted by molar-refractivity contribution is 7.13. The van der Waals surface area contributed by atoms with Crippen molar-refractivity contribution < 1.29 is 4.79 Å². The zero-order valence-electron chi connectivity index (χ0n) is 7.97. The Morgan fingerprint density at radius 1 is 1.40 bits per heavy atom. The number of hydrogen-bond acceptors (Lipinski definition) is 5. The van der Waals surface area contributed by atoms with Gasteiger partial charge < -0.3 is 0 Å². The van der Waals surface area contributed by atoms with Gasteiger partial charge in [-0.25, -0.2) is 15.0 Å². The van der Waals surface area contributed by atoms with Crippen LogP contribution in [0.25, 0.3) is 0 Å². The predicted octanol–water partition coefficient (Wildman–Crippen LogP) is 1.49. The van der Waals surface area contributed by atoms with Gasteiger partial charge in [0.05, 0.1) is 0 Å². The Morgan fingerprint density at radius 3 is 2.93 bits per heavy atom. The monoisotopic (exact) mass is 220 g/mol. The van der Waals surface area contributed by atoms with E-state index in [1.165, 1.54) is 11.3 Å². The van der Waals surface area contributed by atoms with Crippen molar-refractivity contribution in [1.82, 2.24) is 15.0 Å². The van der Waals surface area contributed by atoms with Gasteiger partial charge in [-0.1, -0.05) is 0 Å². The highest BCUT2D eigenvalue weighted by Gasteiger charge is 2.10. The van der Waals surface area contributed by atoms with Crippen LogP contribution in [0.4, 0.5) is 5.13 Å². The second-order valence-electron chi connectivity index (χ2n) is 2.81. The molecule has 2 heterocycles. The highest BCUT2D eigenvalue weighted by atomic mass is 32.1. The van der Waals surface area contributed by atoms with E-state index in [1.54, 1.807) is 23.8 Å². The zero-order chi connectivity index (χ0) is 10.7. The van der Waals surface area contributed by atoms with E-state index in [2.05, 4.69) is 20.3 Å². The fourth-order valence-electron chi connectivity index (χ4n) is 0.997. The van der Waals surface area contributed by atoms with Crippen molar-refractivity contribution in [3.05, 3.63) is 35.4 Å². The van der Waals surface area contributed by atoms with Crippen LogP contribution in [-0.4, -0.2) is 20.9 Å². The standard InChI is InChI=1S/C9H8N4OS/c1-6-2-3-10-7(12-6)8(14)13-9-11-4-5-15-9/h2-5H,1H3,(H,11,13,14). The van der Waals surface area contributed by atoms with Gasteiger partial charge in [0.15, 0.2) is 5.13 Å². The van der Waals surface area contributed by atoms with Crippen LogP contribution < -0.4 is 5.32 Å². The minimum absolute atomic E-state index is 0.158. The summed E-state index contributed by atoms with van der Waals surface area (Å²) in [5.74, 6) is -0.182. The number of nitrogens with zero attached hydrogens (tertiary/aromatic N) is 3.